The number of nitrogens with two attached hydrogens (primary N) is 1. The molecule has 0 saturated heterocycles. The summed E-state index contributed by atoms with van der Waals surface area (Å²) in [5, 5.41) is 4.55. The molecule has 0 radical (unpaired) electrons. The lowest BCUT2D eigenvalue weighted by Gasteiger charge is -2.46. The first-order valence-electron chi connectivity index (χ1n) is 8.52. The van der Waals surface area contributed by atoms with Gasteiger partial charge in [0.05, 0.1) is 5.69 Å². The smallest absolute Gasteiger partial charge is 0.0596 e. The molecule has 0 aromatic carbocycles. The maximum Gasteiger partial charge on any atom is 0.0596 e. The number of likely N-dealkylation sites (N-methyl/N-ethyl adjacent to an activating group) is 1. The van der Waals surface area contributed by atoms with Crippen molar-refractivity contribution in [3.63, 3.8) is 0 Å². The molecule has 21 heavy (non-hydrogen) atoms. The maximum absolute atomic E-state index is 6.71. The number of hydrogen-bond donors (Lipinski definition) is 1. The third-order valence-corrected chi connectivity index (χ3v) is 5.02. The molecule has 0 spiro atoms. The summed E-state index contributed by atoms with van der Waals surface area (Å²) in [6.07, 6.45) is 3.07. The van der Waals surface area contributed by atoms with Gasteiger partial charge >= 0.3 is 0 Å². The molecular weight excluding hydrogens is 260 g/mol. The summed E-state index contributed by atoms with van der Waals surface area (Å²) >= 11 is 0. The van der Waals surface area contributed by atoms with Crippen LogP contribution in [0.25, 0.3) is 0 Å². The van der Waals surface area contributed by atoms with Crippen molar-refractivity contribution in [3.05, 3.63) is 17.5 Å². The zero-order valence-electron chi connectivity index (χ0n) is 14.8. The van der Waals surface area contributed by atoms with Crippen molar-refractivity contribution in [2.45, 2.75) is 78.9 Å². The molecule has 4 heteroatoms. The fourth-order valence-electron chi connectivity index (χ4n) is 3.76. The van der Waals surface area contributed by atoms with Crippen LogP contribution in [-0.2, 0) is 13.0 Å². The average molecular weight is 294 g/mol. The summed E-state index contributed by atoms with van der Waals surface area (Å²) in [6.45, 7) is 16.2. The van der Waals surface area contributed by atoms with Gasteiger partial charge in [0.15, 0.2) is 0 Å². The average Bonchev–Trinajstić information content (AvgIpc) is 2.84. The molecule has 1 heterocycles. The predicted molar refractivity (Wildman–Crippen MR) is 90.6 cm³/mol. The van der Waals surface area contributed by atoms with Crippen LogP contribution in [0.1, 0.15) is 58.8 Å². The number of aromatic nitrogens is 2. The fraction of sp³-hybridized carbons (Fsp3) is 0.824. The minimum Gasteiger partial charge on any atom is -0.326 e. The Morgan fingerprint density at radius 2 is 1.76 bits per heavy atom. The normalized spacial score (nSPS) is 13.9. The molecule has 0 saturated carbocycles. The van der Waals surface area contributed by atoms with E-state index in [1.807, 2.05) is 0 Å². The molecule has 1 aromatic heterocycles. The summed E-state index contributed by atoms with van der Waals surface area (Å²) in [6, 6.07) is 2.32. The Morgan fingerprint density at radius 1 is 1.19 bits per heavy atom. The number of rotatable bonds is 9. The van der Waals surface area contributed by atoms with Crippen LogP contribution in [0.4, 0.5) is 0 Å². The monoisotopic (exact) mass is 294 g/mol. The van der Waals surface area contributed by atoms with Crippen LogP contribution in [0.2, 0.25) is 0 Å². The minimum atomic E-state index is 0.0836. The number of aryl methyl sites for hydroxylation is 2. The third-order valence-electron chi connectivity index (χ3n) is 5.02. The Hall–Kier alpha value is -0.870. The first kappa shape index (κ1) is 18.2. The second-order valence-electron chi connectivity index (χ2n) is 5.89. The van der Waals surface area contributed by atoms with Crippen molar-refractivity contribution in [1.82, 2.24) is 14.7 Å². The van der Waals surface area contributed by atoms with E-state index in [1.54, 1.807) is 0 Å². The lowest BCUT2D eigenvalue weighted by Crippen LogP contribution is -2.60. The van der Waals surface area contributed by atoms with Gasteiger partial charge in [0.2, 0.25) is 0 Å². The van der Waals surface area contributed by atoms with Gasteiger partial charge in [0.1, 0.15) is 0 Å². The Labute approximate surface area is 130 Å². The Balaban J connectivity index is 3.03. The van der Waals surface area contributed by atoms with E-state index in [9.17, 15) is 0 Å². The third kappa shape index (κ3) is 3.67. The fourth-order valence-corrected chi connectivity index (χ4v) is 3.76. The predicted octanol–water partition coefficient (Wildman–Crippen LogP) is 2.98. The van der Waals surface area contributed by atoms with Crippen molar-refractivity contribution < 1.29 is 0 Å². The molecule has 4 nitrogen and oxygen atoms in total. The summed E-state index contributed by atoms with van der Waals surface area (Å²) in [5.41, 5.74) is 9.14. The summed E-state index contributed by atoms with van der Waals surface area (Å²) < 4.78 is 2.09. The van der Waals surface area contributed by atoms with Gasteiger partial charge in [-0.1, -0.05) is 27.7 Å². The lowest BCUT2D eigenvalue weighted by molar-refractivity contribution is 0.0622. The molecule has 0 aliphatic carbocycles. The van der Waals surface area contributed by atoms with Gasteiger partial charge in [-0.05, 0) is 45.8 Å². The standard InChI is InChI=1S/C17H34N4/c1-7-17(8-2,20(9-3)10-4)16(18)13-15-12-14(6)19-21(15)11-5/h12,16H,7-11,13,18H2,1-6H3. The van der Waals surface area contributed by atoms with Crippen LogP contribution in [0, 0.1) is 6.92 Å². The topological polar surface area (TPSA) is 47.1 Å². The van der Waals surface area contributed by atoms with E-state index in [4.69, 9.17) is 5.73 Å². The molecule has 2 N–H and O–H groups in total. The molecule has 1 unspecified atom stereocenters. The van der Waals surface area contributed by atoms with Crippen molar-refractivity contribution in [3.8, 4) is 0 Å². The van der Waals surface area contributed by atoms with Gasteiger partial charge in [-0.2, -0.15) is 5.10 Å². The number of hydrogen-bond acceptors (Lipinski definition) is 3. The molecule has 122 valence electrons. The van der Waals surface area contributed by atoms with Crippen LogP contribution in [-0.4, -0.2) is 39.4 Å². The van der Waals surface area contributed by atoms with Gasteiger partial charge in [-0.15, -0.1) is 0 Å². The summed E-state index contributed by atoms with van der Waals surface area (Å²) in [4.78, 5) is 2.54. The first-order chi connectivity index (χ1) is 9.98. The molecular formula is C17H34N4. The van der Waals surface area contributed by atoms with Crippen molar-refractivity contribution in [2.75, 3.05) is 13.1 Å². The summed E-state index contributed by atoms with van der Waals surface area (Å²) in [5.74, 6) is 0. The molecule has 0 bridgehead atoms. The molecule has 1 atom stereocenters. The van der Waals surface area contributed by atoms with E-state index in [1.165, 1.54) is 5.69 Å². The molecule has 0 fully saturated rings. The highest BCUT2D eigenvalue weighted by Gasteiger charge is 2.38. The molecule has 1 rings (SSSR count). The Kier molecular flexibility index (Phi) is 6.88. The first-order valence-corrected chi connectivity index (χ1v) is 8.52. The van der Waals surface area contributed by atoms with E-state index in [-0.39, 0.29) is 11.6 Å². The van der Waals surface area contributed by atoms with Crippen LogP contribution in [0.3, 0.4) is 0 Å². The van der Waals surface area contributed by atoms with Crippen molar-refractivity contribution >= 4 is 0 Å². The summed E-state index contributed by atoms with van der Waals surface area (Å²) in [7, 11) is 0. The Bertz CT molecular complexity index is 416. The van der Waals surface area contributed by atoms with Crippen LogP contribution < -0.4 is 5.73 Å². The highest BCUT2D eigenvalue weighted by atomic mass is 15.3. The van der Waals surface area contributed by atoms with E-state index < -0.39 is 0 Å². The Morgan fingerprint density at radius 3 is 2.19 bits per heavy atom. The van der Waals surface area contributed by atoms with Crippen LogP contribution >= 0.6 is 0 Å². The molecule has 0 amide bonds. The SMILES string of the molecule is CCN(CC)C(CC)(CC)C(N)Cc1cc(C)nn1CC. The second-order valence-corrected chi connectivity index (χ2v) is 5.89. The number of nitrogens with zero attached hydrogens (tertiary/aromatic N) is 3. The van der Waals surface area contributed by atoms with E-state index in [0.717, 1.165) is 44.6 Å². The zero-order valence-corrected chi connectivity index (χ0v) is 14.8. The van der Waals surface area contributed by atoms with Crippen molar-refractivity contribution in [2.24, 2.45) is 5.73 Å². The molecule has 0 aliphatic rings. The van der Waals surface area contributed by atoms with Gasteiger partial charge in [-0.25, -0.2) is 0 Å². The van der Waals surface area contributed by atoms with Gasteiger partial charge in [0.25, 0.3) is 0 Å². The zero-order chi connectivity index (χ0) is 16.0. The largest absolute Gasteiger partial charge is 0.326 e. The maximum atomic E-state index is 6.71. The van der Waals surface area contributed by atoms with E-state index in [2.05, 4.69) is 62.3 Å². The lowest BCUT2D eigenvalue weighted by atomic mass is 9.80. The van der Waals surface area contributed by atoms with Gasteiger partial charge in [0, 0.05) is 30.2 Å². The van der Waals surface area contributed by atoms with Gasteiger partial charge < -0.3 is 5.73 Å². The van der Waals surface area contributed by atoms with Crippen LogP contribution in [0.5, 0.6) is 0 Å². The van der Waals surface area contributed by atoms with Gasteiger partial charge in [-0.3, -0.25) is 9.58 Å². The molecule has 1 aromatic rings. The van der Waals surface area contributed by atoms with E-state index in [0.29, 0.717) is 0 Å². The highest BCUT2D eigenvalue weighted by molar-refractivity contribution is 5.13. The quantitative estimate of drug-likeness (QED) is 0.761. The van der Waals surface area contributed by atoms with Crippen LogP contribution in [0.15, 0.2) is 6.07 Å². The molecule has 0 aliphatic heterocycles. The van der Waals surface area contributed by atoms with Crippen molar-refractivity contribution in [1.29, 1.82) is 0 Å². The minimum absolute atomic E-state index is 0.0836. The highest BCUT2D eigenvalue weighted by Crippen LogP contribution is 2.29. The van der Waals surface area contributed by atoms with E-state index >= 15 is 0 Å². The second kappa shape index (κ2) is 7.95.